The third-order valence-corrected chi connectivity index (χ3v) is 0. The molecule has 0 spiro atoms. The monoisotopic (exact) mass is 232 g/mol. The Bertz CT molecular complexity index is 11.6. The minimum absolute atomic E-state index is 0. The van der Waals surface area contributed by atoms with Gasteiger partial charge in [-0.1, -0.05) is 0 Å². The maximum atomic E-state index is 0. The molecule has 0 heterocycles. The number of hydrogen-bond acceptors (Lipinski definition) is 0. The van der Waals surface area contributed by atoms with Crippen molar-refractivity contribution in [2.45, 2.75) is 0 Å². The van der Waals surface area contributed by atoms with E-state index in [4.69, 9.17) is 0 Å². The molecule has 0 aromatic carbocycles. The molecule has 0 rings (SSSR count). The van der Waals surface area contributed by atoms with Gasteiger partial charge in [0.1, 0.15) is 0 Å². The number of rotatable bonds is 0. The minimum Gasteiger partial charge on any atom is -0.358 e. The standard InChI is InChI=1S/CH3.B.Cr.Fe.Mo/h1H3;;;;/q-1;;;;. The summed E-state index contributed by atoms with van der Waals surface area (Å²) < 4.78 is 0. The van der Waals surface area contributed by atoms with Gasteiger partial charge in [-0.25, -0.2) is 0 Å². The van der Waals surface area contributed by atoms with Gasteiger partial charge in [0, 0.05) is 63.9 Å². The zero-order valence-corrected chi connectivity index (χ0v) is 7.13. The molecule has 0 bridgehead atoms. The Hall–Kier alpha value is 1.81. The van der Waals surface area contributed by atoms with Gasteiger partial charge < -0.3 is 7.43 Å². The van der Waals surface area contributed by atoms with E-state index in [1.165, 1.54) is 0 Å². The van der Waals surface area contributed by atoms with Gasteiger partial charge in [-0.15, -0.1) is 0 Å². The van der Waals surface area contributed by atoms with Crippen LogP contribution in [-0.4, -0.2) is 8.41 Å². The van der Waals surface area contributed by atoms with Crippen molar-refractivity contribution in [3.05, 3.63) is 7.43 Å². The Morgan fingerprint density at radius 1 is 1.00 bits per heavy atom. The Kier molecular flexibility index (Phi) is 579. The SMILES string of the molecule is [B].[CH3-].[Cr].[Fe].[Mo]. The molecule has 0 saturated carbocycles. The van der Waals surface area contributed by atoms with Gasteiger partial charge in [-0.2, -0.15) is 0 Å². The van der Waals surface area contributed by atoms with Gasteiger partial charge in [0.15, 0.2) is 0 Å². The van der Waals surface area contributed by atoms with Crippen LogP contribution in [0.1, 0.15) is 0 Å². The second kappa shape index (κ2) is 41.1. The second-order valence-electron chi connectivity index (χ2n) is 0. The minimum atomic E-state index is 0. The molecule has 0 saturated heterocycles. The first-order chi connectivity index (χ1) is 0. The van der Waals surface area contributed by atoms with Crippen molar-refractivity contribution in [3.63, 3.8) is 0 Å². The largest absolute Gasteiger partial charge is 0.358 e. The molecular weight excluding hydrogens is 227 g/mol. The quantitative estimate of drug-likeness (QED) is 0.407. The first kappa shape index (κ1) is 70.4. The topological polar surface area (TPSA) is 0 Å². The smallest absolute Gasteiger partial charge is 0 e. The maximum absolute atomic E-state index is 0. The second-order valence-corrected chi connectivity index (χ2v) is 0. The van der Waals surface area contributed by atoms with Crippen LogP contribution in [0.4, 0.5) is 0 Å². The fraction of sp³-hybridized carbons (Fsp3) is 0. The molecule has 5 heavy (non-hydrogen) atoms. The average molecular weight is 230 g/mol. The molecule has 0 amide bonds. The third kappa shape index (κ3) is 25.8. The summed E-state index contributed by atoms with van der Waals surface area (Å²) in [5, 5.41) is 0. The van der Waals surface area contributed by atoms with E-state index in [1.54, 1.807) is 0 Å². The van der Waals surface area contributed by atoms with Crippen LogP contribution in [0.3, 0.4) is 0 Å². The van der Waals surface area contributed by atoms with E-state index in [1.807, 2.05) is 0 Å². The normalized spacial score (nSPS) is 0. The van der Waals surface area contributed by atoms with E-state index < -0.39 is 0 Å². The fourth-order valence-corrected chi connectivity index (χ4v) is 0. The van der Waals surface area contributed by atoms with Crippen molar-refractivity contribution < 1.29 is 55.5 Å². The van der Waals surface area contributed by atoms with Gasteiger partial charge in [-0.3, -0.25) is 0 Å². The molecule has 31 valence electrons. The van der Waals surface area contributed by atoms with Crippen molar-refractivity contribution in [2.75, 3.05) is 0 Å². The Morgan fingerprint density at radius 3 is 1.00 bits per heavy atom. The Labute approximate surface area is 70.9 Å². The van der Waals surface area contributed by atoms with Crippen LogP contribution in [0.2, 0.25) is 0 Å². The molecular formula is CH3BCrFeMo-. The summed E-state index contributed by atoms with van der Waals surface area (Å²) in [5.41, 5.74) is 0. The van der Waals surface area contributed by atoms with Gasteiger partial charge in [0.05, 0.1) is 0 Å². The van der Waals surface area contributed by atoms with Crippen LogP contribution in [0, 0.1) is 7.43 Å². The number of hydrogen-bond donors (Lipinski definition) is 0. The predicted molar refractivity (Wildman–Crippen MR) is 12.2 cm³/mol. The summed E-state index contributed by atoms with van der Waals surface area (Å²) in [7, 11) is 0. The summed E-state index contributed by atoms with van der Waals surface area (Å²) in [6.07, 6.45) is 0. The van der Waals surface area contributed by atoms with Gasteiger partial charge in [0.25, 0.3) is 0 Å². The molecule has 4 heteroatoms. The molecule has 0 aliphatic rings. The van der Waals surface area contributed by atoms with Crippen LogP contribution < -0.4 is 0 Å². The van der Waals surface area contributed by atoms with Crippen LogP contribution in [0.25, 0.3) is 0 Å². The first-order valence-electron chi connectivity index (χ1n) is 0. The summed E-state index contributed by atoms with van der Waals surface area (Å²) in [5.74, 6) is 0. The molecule has 0 unspecified atom stereocenters. The van der Waals surface area contributed by atoms with Crippen molar-refractivity contribution in [1.29, 1.82) is 0 Å². The maximum Gasteiger partial charge on any atom is 0 e. The molecule has 0 nitrogen and oxygen atoms in total. The van der Waals surface area contributed by atoms with Gasteiger partial charge in [0.2, 0.25) is 0 Å². The van der Waals surface area contributed by atoms with Gasteiger partial charge in [-0.05, 0) is 0 Å². The fourth-order valence-electron chi connectivity index (χ4n) is 0. The molecule has 0 aromatic heterocycles. The van der Waals surface area contributed by atoms with Crippen molar-refractivity contribution in [2.24, 2.45) is 0 Å². The van der Waals surface area contributed by atoms with Crippen LogP contribution >= 0.6 is 0 Å². The molecule has 0 fully saturated rings. The summed E-state index contributed by atoms with van der Waals surface area (Å²) in [6, 6.07) is 0. The molecule has 0 aliphatic heterocycles. The van der Waals surface area contributed by atoms with Crippen LogP contribution in [-0.2, 0) is 55.5 Å². The van der Waals surface area contributed by atoms with Crippen molar-refractivity contribution >= 4 is 8.41 Å². The van der Waals surface area contributed by atoms with Crippen LogP contribution in [0.15, 0.2) is 0 Å². The molecule has 0 aromatic rings. The van der Waals surface area contributed by atoms with E-state index >= 15 is 0 Å². The Balaban J connectivity index is 0. The van der Waals surface area contributed by atoms with Crippen molar-refractivity contribution in [1.82, 2.24) is 0 Å². The van der Waals surface area contributed by atoms with E-state index in [-0.39, 0.29) is 71.3 Å². The molecule has 0 atom stereocenters. The summed E-state index contributed by atoms with van der Waals surface area (Å²) in [4.78, 5) is 0. The van der Waals surface area contributed by atoms with E-state index in [0.717, 1.165) is 0 Å². The summed E-state index contributed by atoms with van der Waals surface area (Å²) in [6.45, 7) is 0. The van der Waals surface area contributed by atoms with Gasteiger partial charge >= 0.3 is 0 Å². The van der Waals surface area contributed by atoms with E-state index in [9.17, 15) is 0 Å². The zero-order chi connectivity index (χ0) is 0. The molecule has 0 aliphatic carbocycles. The average Bonchev–Trinajstić information content (AvgIpc) is 0. The van der Waals surface area contributed by atoms with Crippen LogP contribution in [0.5, 0.6) is 0 Å². The molecule has 0 N–H and O–H groups in total. The third-order valence-electron chi connectivity index (χ3n) is 0. The van der Waals surface area contributed by atoms with E-state index in [2.05, 4.69) is 0 Å². The van der Waals surface area contributed by atoms with Crippen molar-refractivity contribution in [3.8, 4) is 0 Å². The zero-order valence-electron chi connectivity index (χ0n) is 2.75. The predicted octanol–water partition coefficient (Wildman–Crippen LogP) is 0.0620. The first-order valence-corrected chi connectivity index (χ1v) is 0. The van der Waals surface area contributed by atoms with E-state index in [0.29, 0.717) is 0 Å². The molecule has 3 radical (unpaired) electrons. The summed E-state index contributed by atoms with van der Waals surface area (Å²) >= 11 is 0. The Morgan fingerprint density at radius 2 is 1.00 bits per heavy atom.